The number of hydrogen-bond donors (Lipinski definition) is 0. The van der Waals surface area contributed by atoms with Crippen molar-refractivity contribution in [2.45, 2.75) is 45.3 Å². The molecule has 11 nitrogen and oxygen atoms in total. The van der Waals surface area contributed by atoms with Crippen LogP contribution in [0.2, 0.25) is 0 Å². The number of fused-ring (bicyclic) bond motifs is 1. The monoisotopic (exact) mass is 511 g/mol. The van der Waals surface area contributed by atoms with E-state index in [4.69, 9.17) is 18.9 Å². The molecule has 1 aliphatic heterocycles. The second-order valence-corrected chi connectivity index (χ2v) is 9.66. The Hall–Kier alpha value is -4.28. The zero-order chi connectivity index (χ0) is 26.7. The summed E-state index contributed by atoms with van der Waals surface area (Å²) < 4.78 is 23.4. The number of rotatable bonds is 6. The Morgan fingerprint density at radius 3 is 2.30 bits per heavy atom. The molecule has 3 aromatic rings. The van der Waals surface area contributed by atoms with Crippen LogP contribution in [0.3, 0.4) is 0 Å². The number of carbonyl (C=O) groups excluding carboxylic acids is 1. The fourth-order valence-corrected chi connectivity index (χ4v) is 3.99. The van der Waals surface area contributed by atoms with E-state index >= 15 is 0 Å². The highest BCUT2D eigenvalue weighted by Gasteiger charge is 2.28. The summed E-state index contributed by atoms with van der Waals surface area (Å²) in [5.74, 6) is 1.24. The molecular formula is C26H29N3O8. The lowest BCUT2D eigenvalue weighted by molar-refractivity contribution is -0.584. The maximum absolute atomic E-state index is 12.9. The number of nitro benzene ring substituents is 1. The normalized spacial score (nSPS) is 14.3. The van der Waals surface area contributed by atoms with Gasteiger partial charge in [0.05, 0.1) is 29.6 Å². The first-order chi connectivity index (χ1) is 17.5. The molecule has 2 aromatic carbocycles. The molecule has 1 aromatic heterocycles. The van der Waals surface area contributed by atoms with Gasteiger partial charge < -0.3 is 29.1 Å². The van der Waals surface area contributed by atoms with Gasteiger partial charge in [0.25, 0.3) is 5.69 Å². The highest BCUT2D eigenvalue weighted by Crippen LogP contribution is 2.34. The third-order valence-corrected chi connectivity index (χ3v) is 5.79. The molecule has 0 atom stereocenters. The lowest BCUT2D eigenvalue weighted by Crippen LogP contribution is -2.44. The van der Waals surface area contributed by atoms with E-state index in [1.165, 1.54) is 37.4 Å². The van der Waals surface area contributed by atoms with E-state index in [1.54, 1.807) is 23.1 Å². The van der Waals surface area contributed by atoms with E-state index in [0.29, 0.717) is 53.3 Å². The molecule has 0 bridgehead atoms. The lowest BCUT2D eigenvalue weighted by atomic mass is 10.1. The zero-order valence-corrected chi connectivity index (χ0v) is 21.1. The molecule has 0 N–H and O–H groups in total. The number of likely N-dealkylation sites (tertiary alicyclic amines) is 1. The number of carbonyl (C=O) groups is 1. The molecule has 0 unspecified atom stereocenters. The van der Waals surface area contributed by atoms with Crippen LogP contribution in [0.15, 0.2) is 48.5 Å². The van der Waals surface area contributed by atoms with Crippen LogP contribution >= 0.6 is 0 Å². The molecule has 11 heteroatoms. The molecule has 1 saturated heterocycles. The first kappa shape index (κ1) is 25.8. The van der Waals surface area contributed by atoms with Crippen LogP contribution in [-0.2, 0) is 4.74 Å². The second-order valence-electron chi connectivity index (χ2n) is 9.66. The van der Waals surface area contributed by atoms with Gasteiger partial charge in [0, 0.05) is 38.1 Å². The summed E-state index contributed by atoms with van der Waals surface area (Å²) in [5.41, 5.74) is -0.329. The third-order valence-electron chi connectivity index (χ3n) is 5.79. The molecule has 37 heavy (non-hydrogen) atoms. The van der Waals surface area contributed by atoms with Gasteiger partial charge in [0.2, 0.25) is 5.52 Å². The van der Waals surface area contributed by atoms with Crippen LogP contribution < -0.4 is 18.9 Å². The summed E-state index contributed by atoms with van der Waals surface area (Å²) in [7, 11) is 1.38. The first-order valence-corrected chi connectivity index (χ1v) is 11.9. The number of benzene rings is 2. The SMILES string of the molecule is COc1cc(Oc2ccc([N+](=O)[O-])cc2)c2ccc(OC3CCN(C(=O)OC(C)(C)C)CC3)cc2[n+]1[O-]. The fourth-order valence-electron chi connectivity index (χ4n) is 3.99. The van der Waals surface area contributed by atoms with Crippen LogP contribution in [0.1, 0.15) is 33.6 Å². The summed E-state index contributed by atoms with van der Waals surface area (Å²) >= 11 is 0. The Balaban J connectivity index is 1.51. The predicted molar refractivity (Wildman–Crippen MR) is 134 cm³/mol. The van der Waals surface area contributed by atoms with E-state index in [9.17, 15) is 20.1 Å². The Morgan fingerprint density at radius 1 is 1.05 bits per heavy atom. The Kier molecular flexibility index (Phi) is 7.23. The second kappa shape index (κ2) is 10.4. The van der Waals surface area contributed by atoms with Crippen molar-refractivity contribution in [3.8, 4) is 23.1 Å². The molecule has 1 fully saturated rings. The van der Waals surface area contributed by atoms with E-state index in [0.717, 1.165) is 0 Å². The topological polar surface area (TPSA) is 127 Å². The van der Waals surface area contributed by atoms with Crippen molar-refractivity contribution in [3.05, 3.63) is 63.9 Å². The van der Waals surface area contributed by atoms with E-state index in [2.05, 4.69) is 0 Å². The molecule has 0 radical (unpaired) electrons. The highest BCUT2D eigenvalue weighted by molar-refractivity contribution is 5.84. The van der Waals surface area contributed by atoms with Crippen LogP contribution in [0.25, 0.3) is 10.9 Å². The number of nitrogens with zero attached hydrogens (tertiary/aromatic N) is 3. The molecule has 0 saturated carbocycles. The molecule has 4 rings (SSSR count). The largest absolute Gasteiger partial charge is 0.616 e. The van der Waals surface area contributed by atoms with Gasteiger partial charge in [0.1, 0.15) is 23.2 Å². The zero-order valence-electron chi connectivity index (χ0n) is 21.1. The molecule has 196 valence electrons. The number of amides is 1. The molecule has 1 amide bonds. The molecule has 0 aliphatic carbocycles. The standard InChI is InChI=1S/C26H29N3O8/c1-26(2,3)37-25(30)27-13-11-19(12-14-27)35-20-9-10-21-22(15-20)28(31)24(34-4)16-23(21)36-18-7-5-17(6-8-18)29(32)33/h5-10,15-16,19H,11-14H2,1-4H3. The van der Waals surface area contributed by atoms with Gasteiger partial charge in [-0.3, -0.25) is 10.1 Å². The summed E-state index contributed by atoms with van der Waals surface area (Å²) in [4.78, 5) is 24.4. The number of nitro groups is 1. The highest BCUT2D eigenvalue weighted by atomic mass is 16.6. The van der Waals surface area contributed by atoms with Gasteiger partial charge in [0.15, 0.2) is 5.75 Å². The number of aromatic nitrogens is 1. The van der Waals surface area contributed by atoms with Gasteiger partial charge in [-0.2, -0.15) is 0 Å². The Bertz CT molecular complexity index is 1300. The number of non-ortho nitro benzene ring substituents is 1. The minimum Gasteiger partial charge on any atom is -0.616 e. The quantitative estimate of drug-likeness (QED) is 0.197. The summed E-state index contributed by atoms with van der Waals surface area (Å²) in [6.07, 6.45) is 0.789. The van der Waals surface area contributed by atoms with Crippen LogP contribution in [-0.4, -0.2) is 47.8 Å². The van der Waals surface area contributed by atoms with Crippen molar-refractivity contribution in [3.63, 3.8) is 0 Å². The van der Waals surface area contributed by atoms with Crippen molar-refractivity contribution in [1.82, 2.24) is 4.90 Å². The van der Waals surface area contributed by atoms with E-state index < -0.39 is 10.5 Å². The van der Waals surface area contributed by atoms with Crippen molar-refractivity contribution < 1.29 is 33.4 Å². The van der Waals surface area contributed by atoms with E-state index in [1.807, 2.05) is 20.8 Å². The maximum Gasteiger partial charge on any atom is 0.410 e. The van der Waals surface area contributed by atoms with Crippen LogP contribution in [0, 0.1) is 15.3 Å². The first-order valence-electron chi connectivity index (χ1n) is 11.9. The minimum absolute atomic E-state index is 0.0206. The van der Waals surface area contributed by atoms with Crippen molar-refractivity contribution in [2.75, 3.05) is 20.2 Å². The third kappa shape index (κ3) is 6.11. The minimum atomic E-state index is -0.550. The van der Waals surface area contributed by atoms with Crippen LogP contribution in [0.4, 0.5) is 10.5 Å². The predicted octanol–water partition coefficient (Wildman–Crippen LogP) is 4.96. The molecular weight excluding hydrogens is 482 g/mol. The number of methoxy groups -OCH3 is 1. The van der Waals surface area contributed by atoms with Gasteiger partial charge in [-0.15, -0.1) is 4.73 Å². The number of ether oxygens (including phenoxy) is 4. The molecule has 2 heterocycles. The van der Waals surface area contributed by atoms with Gasteiger partial charge in [-0.05, 0) is 45.0 Å². The van der Waals surface area contributed by atoms with Crippen molar-refractivity contribution in [1.29, 1.82) is 0 Å². The van der Waals surface area contributed by atoms with Crippen molar-refractivity contribution in [2.24, 2.45) is 0 Å². The molecule has 1 aliphatic rings. The number of pyridine rings is 1. The summed E-state index contributed by atoms with van der Waals surface area (Å²) in [5, 5.41) is 24.3. The van der Waals surface area contributed by atoms with Gasteiger partial charge in [-0.25, -0.2) is 4.79 Å². The molecule has 0 spiro atoms. The van der Waals surface area contributed by atoms with Crippen molar-refractivity contribution >= 4 is 22.7 Å². The average molecular weight is 512 g/mol. The van der Waals surface area contributed by atoms with Gasteiger partial charge >= 0.3 is 12.0 Å². The van der Waals surface area contributed by atoms with E-state index in [-0.39, 0.29) is 29.3 Å². The fraction of sp³-hybridized carbons (Fsp3) is 0.385. The van der Waals surface area contributed by atoms with Crippen LogP contribution in [0.5, 0.6) is 23.1 Å². The Morgan fingerprint density at radius 2 is 1.70 bits per heavy atom. The Labute approximate surface area is 213 Å². The smallest absolute Gasteiger partial charge is 0.410 e. The lowest BCUT2D eigenvalue weighted by Gasteiger charge is -2.33. The summed E-state index contributed by atoms with van der Waals surface area (Å²) in [6, 6.07) is 12.2. The van der Waals surface area contributed by atoms with Gasteiger partial charge in [-0.1, -0.05) is 0 Å². The summed E-state index contributed by atoms with van der Waals surface area (Å²) in [6.45, 7) is 6.52. The maximum atomic E-state index is 12.9. The average Bonchev–Trinajstić information content (AvgIpc) is 2.85. The number of piperidine rings is 1. The number of hydrogen-bond acceptors (Lipinski definition) is 8.